The molecule has 0 radical (unpaired) electrons. The zero-order chi connectivity index (χ0) is 19.1. The van der Waals surface area contributed by atoms with Crippen molar-refractivity contribution in [2.45, 2.75) is 6.54 Å². The Balaban J connectivity index is 1.39. The summed E-state index contributed by atoms with van der Waals surface area (Å²) in [6.07, 6.45) is 0. The number of thiocarbonyl (C=S) groups is 1. The van der Waals surface area contributed by atoms with E-state index in [0.29, 0.717) is 18.8 Å². The van der Waals surface area contributed by atoms with E-state index in [1.54, 1.807) is 12.1 Å². The number of carbonyl (C=O) groups excluding carboxylic acids is 1. The number of amides is 1. The Hall–Kier alpha value is -2.51. The van der Waals surface area contributed by atoms with Gasteiger partial charge in [-0.25, -0.2) is 4.39 Å². The number of carbonyl (C=O) groups is 1. The highest BCUT2D eigenvalue weighted by atomic mass is 32.1. The number of nitrogens with zero attached hydrogens (tertiary/aromatic N) is 1. The van der Waals surface area contributed by atoms with E-state index in [9.17, 15) is 9.18 Å². The topological polar surface area (TPSA) is 48.8 Å². The highest BCUT2D eigenvalue weighted by molar-refractivity contribution is 7.80. The third kappa shape index (κ3) is 6.01. The average Bonchev–Trinajstić information content (AvgIpc) is 2.67. The van der Waals surface area contributed by atoms with Crippen LogP contribution in [0, 0.1) is 5.82 Å². The fourth-order valence-corrected chi connectivity index (χ4v) is 3.34. The second-order valence-electron chi connectivity index (χ2n) is 6.62. The van der Waals surface area contributed by atoms with Gasteiger partial charge < -0.3 is 20.4 Å². The molecule has 1 aliphatic heterocycles. The third-order valence-electron chi connectivity index (χ3n) is 4.56. The SMILES string of the molecule is O=C(C[NH+]1CCN(C(=S)NCc2ccccc2)CC1)Nc1cccc(F)c1. The molecular weight excluding hydrogens is 363 g/mol. The zero-order valence-corrected chi connectivity index (χ0v) is 15.9. The Morgan fingerprint density at radius 2 is 1.85 bits per heavy atom. The molecule has 3 rings (SSSR count). The van der Waals surface area contributed by atoms with Crippen molar-refractivity contribution >= 4 is 28.9 Å². The minimum absolute atomic E-state index is 0.103. The molecule has 1 fully saturated rings. The van der Waals surface area contributed by atoms with E-state index < -0.39 is 0 Å². The fourth-order valence-electron chi connectivity index (χ4n) is 3.09. The number of benzene rings is 2. The van der Waals surface area contributed by atoms with Gasteiger partial charge in [0.15, 0.2) is 11.7 Å². The smallest absolute Gasteiger partial charge is 0.279 e. The maximum Gasteiger partial charge on any atom is 0.279 e. The molecule has 0 atom stereocenters. The predicted octanol–water partition coefficient (Wildman–Crippen LogP) is 1.04. The van der Waals surface area contributed by atoms with E-state index >= 15 is 0 Å². The first-order chi connectivity index (χ1) is 13.1. The molecule has 142 valence electrons. The van der Waals surface area contributed by atoms with E-state index in [1.807, 2.05) is 18.2 Å². The minimum Gasteiger partial charge on any atom is -0.358 e. The number of hydrogen-bond acceptors (Lipinski definition) is 2. The van der Waals surface area contributed by atoms with Gasteiger partial charge in [0.2, 0.25) is 0 Å². The molecule has 0 aromatic heterocycles. The first kappa shape index (κ1) is 19.3. The second-order valence-corrected chi connectivity index (χ2v) is 7.00. The van der Waals surface area contributed by atoms with Crippen LogP contribution in [0.3, 0.4) is 0 Å². The number of quaternary nitrogens is 1. The Bertz CT molecular complexity index is 779. The highest BCUT2D eigenvalue weighted by Gasteiger charge is 2.23. The number of rotatable bonds is 5. The predicted molar refractivity (Wildman–Crippen MR) is 108 cm³/mol. The van der Waals surface area contributed by atoms with Gasteiger partial charge in [-0.1, -0.05) is 36.4 Å². The lowest BCUT2D eigenvalue weighted by atomic mass is 10.2. The lowest BCUT2D eigenvalue weighted by Gasteiger charge is -2.33. The van der Waals surface area contributed by atoms with Gasteiger partial charge in [-0.05, 0) is 36.0 Å². The Kier molecular flexibility index (Phi) is 6.73. The molecule has 0 unspecified atom stereocenters. The monoisotopic (exact) mass is 387 g/mol. The Morgan fingerprint density at radius 1 is 1.11 bits per heavy atom. The molecule has 27 heavy (non-hydrogen) atoms. The summed E-state index contributed by atoms with van der Waals surface area (Å²) in [5.74, 6) is -0.459. The molecule has 3 N–H and O–H groups in total. The molecule has 0 aliphatic carbocycles. The summed E-state index contributed by atoms with van der Waals surface area (Å²) >= 11 is 5.49. The fraction of sp³-hybridized carbons (Fsp3) is 0.300. The average molecular weight is 388 g/mol. The number of halogens is 1. The first-order valence-corrected chi connectivity index (χ1v) is 9.46. The van der Waals surface area contributed by atoms with E-state index in [-0.39, 0.29) is 11.7 Å². The van der Waals surface area contributed by atoms with Gasteiger partial charge >= 0.3 is 0 Å². The van der Waals surface area contributed by atoms with Crippen LogP contribution in [0.4, 0.5) is 10.1 Å². The second kappa shape index (κ2) is 9.43. The van der Waals surface area contributed by atoms with Crippen molar-refractivity contribution in [1.29, 1.82) is 0 Å². The summed E-state index contributed by atoms with van der Waals surface area (Å²) in [4.78, 5) is 15.5. The molecule has 1 heterocycles. The van der Waals surface area contributed by atoms with E-state index in [1.165, 1.54) is 22.6 Å². The Labute approximate surface area is 164 Å². The van der Waals surface area contributed by atoms with Crippen LogP contribution < -0.4 is 15.5 Å². The standard InChI is InChI=1S/C20H23FN4OS/c21-17-7-4-8-18(13-17)23-19(26)15-24-9-11-25(12-10-24)20(27)22-14-16-5-2-1-3-6-16/h1-8,13H,9-12,14-15H2,(H,22,27)(H,23,26)/p+1. The van der Waals surface area contributed by atoms with Crippen molar-refractivity contribution < 1.29 is 14.1 Å². The maximum atomic E-state index is 13.2. The maximum absolute atomic E-state index is 13.2. The highest BCUT2D eigenvalue weighted by Crippen LogP contribution is 2.08. The van der Waals surface area contributed by atoms with Gasteiger partial charge in [0, 0.05) is 12.2 Å². The number of anilines is 1. The summed E-state index contributed by atoms with van der Waals surface area (Å²) < 4.78 is 13.2. The molecule has 1 saturated heterocycles. The van der Waals surface area contributed by atoms with Gasteiger partial charge in [-0.3, -0.25) is 4.79 Å². The molecule has 5 nitrogen and oxygen atoms in total. The number of hydrogen-bond donors (Lipinski definition) is 3. The van der Waals surface area contributed by atoms with Crippen LogP contribution in [0.2, 0.25) is 0 Å². The molecule has 0 saturated carbocycles. The van der Waals surface area contributed by atoms with Crippen LogP contribution in [-0.2, 0) is 11.3 Å². The number of nitrogens with one attached hydrogen (secondary N) is 3. The van der Waals surface area contributed by atoms with Crippen molar-refractivity contribution in [2.24, 2.45) is 0 Å². The van der Waals surface area contributed by atoms with Gasteiger partial charge in [0.25, 0.3) is 5.91 Å². The number of piperazine rings is 1. The van der Waals surface area contributed by atoms with Crippen molar-refractivity contribution in [3.8, 4) is 0 Å². The molecule has 0 spiro atoms. The molecule has 7 heteroatoms. The van der Waals surface area contributed by atoms with Crippen LogP contribution in [0.1, 0.15) is 5.56 Å². The lowest BCUT2D eigenvalue weighted by molar-refractivity contribution is -0.895. The van der Waals surface area contributed by atoms with Crippen molar-refractivity contribution in [3.05, 3.63) is 66.0 Å². The van der Waals surface area contributed by atoms with Crippen molar-refractivity contribution in [2.75, 3.05) is 38.0 Å². The van der Waals surface area contributed by atoms with Crippen molar-refractivity contribution in [3.63, 3.8) is 0 Å². The zero-order valence-electron chi connectivity index (χ0n) is 15.1. The summed E-state index contributed by atoms with van der Waals surface area (Å²) in [6, 6.07) is 16.1. The van der Waals surface area contributed by atoms with Crippen LogP contribution in [0.25, 0.3) is 0 Å². The van der Waals surface area contributed by atoms with Crippen molar-refractivity contribution in [1.82, 2.24) is 10.2 Å². The summed E-state index contributed by atoms with van der Waals surface area (Å²) in [5.41, 5.74) is 1.68. The quantitative estimate of drug-likeness (QED) is 0.671. The largest absolute Gasteiger partial charge is 0.358 e. The summed E-state index contributed by atoms with van der Waals surface area (Å²) in [6.45, 7) is 4.37. The molecule has 2 aromatic carbocycles. The van der Waals surface area contributed by atoms with Gasteiger partial charge in [0.1, 0.15) is 5.82 Å². The van der Waals surface area contributed by atoms with Crippen LogP contribution in [0.5, 0.6) is 0 Å². The van der Waals surface area contributed by atoms with Crippen LogP contribution in [0.15, 0.2) is 54.6 Å². The normalized spacial score (nSPS) is 14.6. The van der Waals surface area contributed by atoms with Crippen LogP contribution >= 0.6 is 12.2 Å². The molecule has 1 amide bonds. The summed E-state index contributed by atoms with van der Waals surface area (Å²) in [7, 11) is 0. The van der Waals surface area contributed by atoms with E-state index in [2.05, 4.69) is 27.7 Å². The molecular formula is C20H24FN4OS+. The Morgan fingerprint density at radius 3 is 2.56 bits per heavy atom. The first-order valence-electron chi connectivity index (χ1n) is 9.06. The van der Waals surface area contributed by atoms with E-state index in [4.69, 9.17) is 12.2 Å². The lowest BCUT2D eigenvalue weighted by Crippen LogP contribution is -3.15. The molecule has 1 aliphatic rings. The van der Waals surface area contributed by atoms with E-state index in [0.717, 1.165) is 31.3 Å². The molecule has 2 aromatic rings. The van der Waals surface area contributed by atoms with Gasteiger partial charge in [-0.2, -0.15) is 0 Å². The van der Waals surface area contributed by atoms with Crippen LogP contribution in [-0.4, -0.2) is 48.6 Å². The minimum atomic E-state index is -0.356. The summed E-state index contributed by atoms with van der Waals surface area (Å²) in [5, 5.41) is 6.80. The third-order valence-corrected chi connectivity index (χ3v) is 4.97. The molecule has 0 bridgehead atoms. The van der Waals surface area contributed by atoms with Gasteiger partial charge in [-0.15, -0.1) is 0 Å². The van der Waals surface area contributed by atoms with Gasteiger partial charge in [0.05, 0.1) is 26.2 Å².